The molecule has 3 N–H and O–H groups in total. The standard InChI is InChI=1S/C11H18FN3/c1-15(9-12)11-4-2-10(3-5-11)8-14-7-6-13/h2-5,14H,6-9,13H2,1H3. The highest BCUT2D eigenvalue weighted by Gasteiger charge is 1.98. The van der Waals surface area contributed by atoms with Crippen molar-refractivity contribution in [2.24, 2.45) is 5.73 Å². The summed E-state index contributed by atoms with van der Waals surface area (Å²) >= 11 is 0. The summed E-state index contributed by atoms with van der Waals surface area (Å²) in [6.45, 7) is 1.79. The zero-order valence-corrected chi connectivity index (χ0v) is 9.04. The van der Waals surface area contributed by atoms with E-state index >= 15 is 0 Å². The quantitative estimate of drug-likeness (QED) is 0.547. The molecule has 0 amide bonds. The van der Waals surface area contributed by atoms with E-state index in [4.69, 9.17) is 5.73 Å². The number of rotatable bonds is 6. The van der Waals surface area contributed by atoms with Gasteiger partial charge in [0.05, 0.1) is 0 Å². The molecule has 3 nitrogen and oxygen atoms in total. The van der Waals surface area contributed by atoms with Gasteiger partial charge in [-0.3, -0.25) is 0 Å². The Morgan fingerprint density at radius 1 is 1.33 bits per heavy atom. The molecule has 0 atom stereocenters. The molecule has 0 saturated carbocycles. The fraction of sp³-hybridized carbons (Fsp3) is 0.455. The predicted octanol–water partition coefficient (Wildman–Crippen LogP) is 1.10. The van der Waals surface area contributed by atoms with Gasteiger partial charge in [-0.05, 0) is 17.7 Å². The van der Waals surface area contributed by atoms with E-state index in [9.17, 15) is 4.39 Å². The molecule has 4 heteroatoms. The van der Waals surface area contributed by atoms with Gasteiger partial charge in [0.1, 0.15) is 0 Å². The second kappa shape index (κ2) is 6.37. The lowest BCUT2D eigenvalue weighted by Gasteiger charge is -2.14. The van der Waals surface area contributed by atoms with Crippen LogP contribution in [-0.4, -0.2) is 26.9 Å². The van der Waals surface area contributed by atoms with E-state index in [1.54, 1.807) is 11.9 Å². The van der Waals surface area contributed by atoms with Crippen LogP contribution in [0.4, 0.5) is 10.1 Å². The Morgan fingerprint density at radius 2 is 2.00 bits per heavy atom. The lowest BCUT2D eigenvalue weighted by Crippen LogP contribution is -2.21. The molecule has 0 aliphatic rings. The lowest BCUT2D eigenvalue weighted by atomic mass is 10.2. The maximum atomic E-state index is 12.3. The van der Waals surface area contributed by atoms with Crippen molar-refractivity contribution in [3.05, 3.63) is 29.8 Å². The average Bonchev–Trinajstić information content (AvgIpc) is 2.29. The number of hydrogen-bond acceptors (Lipinski definition) is 3. The predicted molar refractivity (Wildman–Crippen MR) is 61.6 cm³/mol. The molecule has 0 unspecified atom stereocenters. The monoisotopic (exact) mass is 211 g/mol. The summed E-state index contributed by atoms with van der Waals surface area (Å²) in [5, 5.41) is 3.20. The van der Waals surface area contributed by atoms with Gasteiger partial charge in [-0.25, -0.2) is 4.39 Å². The number of nitrogens with zero attached hydrogens (tertiary/aromatic N) is 1. The molecule has 0 heterocycles. The molecule has 1 rings (SSSR count). The van der Waals surface area contributed by atoms with Crippen molar-refractivity contribution in [1.29, 1.82) is 0 Å². The maximum absolute atomic E-state index is 12.3. The van der Waals surface area contributed by atoms with Gasteiger partial charge < -0.3 is 16.0 Å². The number of halogens is 1. The first kappa shape index (κ1) is 11.9. The van der Waals surface area contributed by atoms with E-state index in [0.29, 0.717) is 6.54 Å². The maximum Gasteiger partial charge on any atom is 0.161 e. The third-order valence-electron chi connectivity index (χ3n) is 2.21. The number of anilines is 1. The summed E-state index contributed by atoms with van der Waals surface area (Å²) in [5.74, 6) is 0. The highest BCUT2D eigenvalue weighted by molar-refractivity contribution is 5.46. The van der Waals surface area contributed by atoms with E-state index in [1.807, 2.05) is 24.3 Å². The van der Waals surface area contributed by atoms with Crippen molar-refractivity contribution >= 4 is 5.69 Å². The van der Waals surface area contributed by atoms with Crippen LogP contribution < -0.4 is 16.0 Å². The Labute approximate surface area is 90.1 Å². The van der Waals surface area contributed by atoms with Gasteiger partial charge in [-0.1, -0.05) is 12.1 Å². The Kier molecular flexibility index (Phi) is 5.07. The van der Waals surface area contributed by atoms with Crippen LogP contribution >= 0.6 is 0 Å². The third-order valence-corrected chi connectivity index (χ3v) is 2.21. The van der Waals surface area contributed by atoms with Crippen LogP contribution in [0.5, 0.6) is 0 Å². The van der Waals surface area contributed by atoms with Crippen molar-refractivity contribution in [3.8, 4) is 0 Å². The van der Waals surface area contributed by atoms with Gasteiger partial charge in [-0.15, -0.1) is 0 Å². The first-order valence-electron chi connectivity index (χ1n) is 5.04. The molecule has 15 heavy (non-hydrogen) atoms. The van der Waals surface area contributed by atoms with Crippen LogP contribution in [-0.2, 0) is 6.54 Å². The van der Waals surface area contributed by atoms with Gasteiger partial charge in [0.2, 0.25) is 0 Å². The molecule has 0 radical (unpaired) electrons. The minimum Gasteiger partial charge on any atom is -0.348 e. The molecule has 0 aliphatic carbocycles. The zero-order chi connectivity index (χ0) is 11.1. The first-order chi connectivity index (χ1) is 7.27. The summed E-state index contributed by atoms with van der Waals surface area (Å²) in [5.41, 5.74) is 7.43. The Balaban J connectivity index is 2.49. The van der Waals surface area contributed by atoms with Crippen molar-refractivity contribution in [1.82, 2.24) is 5.32 Å². The molecule has 0 spiro atoms. The fourth-order valence-corrected chi connectivity index (χ4v) is 1.27. The van der Waals surface area contributed by atoms with E-state index in [1.165, 1.54) is 5.56 Å². The molecular formula is C11H18FN3. The Bertz CT molecular complexity index is 274. The van der Waals surface area contributed by atoms with Gasteiger partial charge in [0.15, 0.2) is 6.80 Å². The van der Waals surface area contributed by atoms with Gasteiger partial charge >= 0.3 is 0 Å². The second-order valence-electron chi connectivity index (χ2n) is 3.45. The number of alkyl halides is 1. The average molecular weight is 211 g/mol. The normalized spacial score (nSPS) is 10.3. The summed E-state index contributed by atoms with van der Waals surface area (Å²) in [6, 6.07) is 7.81. The minimum atomic E-state index is -0.467. The fourth-order valence-electron chi connectivity index (χ4n) is 1.27. The highest BCUT2D eigenvalue weighted by atomic mass is 19.1. The number of hydrogen-bond donors (Lipinski definition) is 2. The smallest absolute Gasteiger partial charge is 0.161 e. The number of nitrogens with two attached hydrogens (primary N) is 1. The lowest BCUT2D eigenvalue weighted by molar-refractivity contribution is 0.491. The third kappa shape index (κ3) is 3.85. The van der Waals surface area contributed by atoms with Gasteiger partial charge in [0.25, 0.3) is 0 Å². The molecule has 0 aromatic heterocycles. The molecule has 0 fully saturated rings. The van der Waals surface area contributed by atoms with Crippen molar-refractivity contribution in [3.63, 3.8) is 0 Å². The van der Waals surface area contributed by atoms with E-state index in [-0.39, 0.29) is 0 Å². The molecule has 84 valence electrons. The summed E-state index contributed by atoms with van der Waals surface area (Å²) in [6.07, 6.45) is 0. The van der Waals surface area contributed by atoms with Crippen LogP contribution in [0.2, 0.25) is 0 Å². The van der Waals surface area contributed by atoms with Gasteiger partial charge in [-0.2, -0.15) is 0 Å². The highest BCUT2D eigenvalue weighted by Crippen LogP contribution is 2.13. The van der Waals surface area contributed by atoms with E-state index < -0.39 is 6.80 Å². The van der Waals surface area contributed by atoms with Crippen LogP contribution in [0.15, 0.2) is 24.3 Å². The molecule has 1 aromatic carbocycles. The van der Waals surface area contributed by atoms with E-state index in [0.717, 1.165) is 18.8 Å². The molecule has 1 aromatic rings. The first-order valence-corrected chi connectivity index (χ1v) is 5.04. The van der Waals surface area contributed by atoms with Crippen molar-refractivity contribution < 1.29 is 4.39 Å². The van der Waals surface area contributed by atoms with Crippen molar-refractivity contribution in [2.45, 2.75) is 6.54 Å². The van der Waals surface area contributed by atoms with Crippen LogP contribution in [0, 0.1) is 0 Å². The topological polar surface area (TPSA) is 41.3 Å². The van der Waals surface area contributed by atoms with Crippen molar-refractivity contribution in [2.75, 3.05) is 31.8 Å². The molecule has 0 bridgehead atoms. The summed E-state index contributed by atoms with van der Waals surface area (Å²) < 4.78 is 12.3. The Hall–Kier alpha value is -1.13. The SMILES string of the molecule is CN(CF)c1ccc(CNCCN)cc1. The van der Waals surface area contributed by atoms with Crippen LogP contribution in [0.1, 0.15) is 5.56 Å². The molecule has 0 aliphatic heterocycles. The minimum absolute atomic E-state index is 0.467. The molecular weight excluding hydrogens is 193 g/mol. The van der Waals surface area contributed by atoms with Gasteiger partial charge in [0, 0.05) is 32.4 Å². The summed E-state index contributed by atoms with van der Waals surface area (Å²) in [4.78, 5) is 1.55. The largest absolute Gasteiger partial charge is 0.348 e. The zero-order valence-electron chi connectivity index (χ0n) is 9.04. The number of benzene rings is 1. The van der Waals surface area contributed by atoms with Crippen LogP contribution in [0.25, 0.3) is 0 Å². The van der Waals surface area contributed by atoms with E-state index in [2.05, 4.69) is 5.32 Å². The second-order valence-corrected chi connectivity index (χ2v) is 3.45. The molecule has 0 saturated heterocycles. The summed E-state index contributed by atoms with van der Waals surface area (Å²) in [7, 11) is 1.72. The number of nitrogens with one attached hydrogen (secondary N) is 1. The Morgan fingerprint density at radius 3 is 2.53 bits per heavy atom. The van der Waals surface area contributed by atoms with Crippen LogP contribution in [0.3, 0.4) is 0 Å².